The Morgan fingerprint density at radius 1 is 0.714 bits per heavy atom. The molecule has 250 valence electrons. The first-order valence-electron chi connectivity index (χ1n) is 17.3. The average Bonchev–Trinajstić information content (AvgIpc) is 3.60. The van der Waals surface area contributed by atoms with Gasteiger partial charge in [0.1, 0.15) is 5.82 Å². The summed E-state index contributed by atoms with van der Waals surface area (Å²) in [4.78, 5) is 4.87. The van der Waals surface area contributed by atoms with Gasteiger partial charge in [-0.3, -0.25) is 4.68 Å². The van der Waals surface area contributed by atoms with Crippen molar-refractivity contribution < 1.29 is 25.8 Å². The number of hydrogen-bond acceptors (Lipinski definition) is 3. The Bertz CT molecular complexity index is 2200. The third kappa shape index (κ3) is 7.14. The number of unbranched alkanes of at least 4 members (excludes halogenated alkanes) is 3. The zero-order valence-corrected chi connectivity index (χ0v) is 31.0. The van der Waals surface area contributed by atoms with Crippen LogP contribution in [0.25, 0.3) is 44.4 Å². The van der Waals surface area contributed by atoms with E-state index in [9.17, 15) is 0 Å². The number of nitrogens with zero attached hydrogens (tertiary/aromatic N) is 4. The van der Waals surface area contributed by atoms with Gasteiger partial charge in [-0.1, -0.05) is 81.1 Å². The third-order valence-corrected chi connectivity index (χ3v) is 9.20. The molecule has 4 aromatic carbocycles. The topological polar surface area (TPSA) is 44.9 Å². The molecule has 0 saturated heterocycles. The van der Waals surface area contributed by atoms with E-state index in [4.69, 9.17) is 14.8 Å². The SMILES string of the molecule is CCCCCc1ccnc(-n2c3[c-]c(Oc4[c-]c(-n5nc(C)c(-c6ccccc6)c5C)ccc4)ccc3c3cc(CCCC)ccc32)c1.[Pt+2]. The van der Waals surface area contributed by atoms with Crippen molar-refractivity contribution in [2.45, 2.75) is 72.6 Å². The minimum Gasteiger partial charge on any atom is -0.509 e. The van der Waals surface area contributed by atoms with Gasteiger partial charge in [0.25, 0.3) is 0 Å². The van der Waals surface area contributed by atoms with E-state index < -0.39 is 0 Å². The van der Waals surface area contributed by atoms with Crippen molar-refractivity contribution in [2.24, 2.45) is 0 Å². The fourth-order valence-electron chi connectivity index (χ4n) is 6.76. The summed E-state index contributed by atoms with van der Waals surface area (Å²) >= 11 is 0. The molecule has 0 atom stereocenters. The Morgan fingerprint density at radius 2 is 1.49 bits per heavy atom. The van der Waals surface area contributed by atoms with E-state index in [1.807, 2.05) is 41.2 Å². The predicted octanol–water partition coefficient (Wildman–Crippen LogP) is 11.1. The first-order chi connectivity index (χ1) is 23.5. The van der Waals surface area contributed by atoms with Crippen LogP contribution in [0, 0.1) is 26.0 Å². The molecule has 0 aliphatic rings. The summed E-state index contributed by atoms with van der Waals surface area (Å²) in [5.74, 6) is 2.15. The fraction of sp³-hybridized carbons (Fsp3) is 0.256. The van der Waals surface area contributed by atoms with Gasteiger partial charge in [0.05, 0.1) is 5.69 Å². The summed E-state index contributed by atoms with van der Waals surface area (Å²) in [5, 5.41) is 7.24. The van der Waals surface area contributed by atoms with E-state index in [-0.39, 0.29) is 21.1 Å². The Morgan fingerprint density at radius 3 is 2.31 bits per heavy atom. The molecule has 0 fully saturated rings. The van der Waals surface area contributed by atoms with Crippen molar-refractivity contribution in [3.8, 4) is 34.1 Å². The van der Waals surface area contributed by atoms with Gasteiger partial charge >= 0.3 is 21.1 Å². The van der Waals surface area contributed by atoms with E-state index in [0.717, 1.165) is 63.3 Å². The van der Waals surface area contributed by atoms with Crippen LogP contribution >= 0.6 is 0 Å². The molecule has 0 bridgehead atoms. The van der Waals surface area contributed by atoms with E-state index in [1.165, 1.54) is 48.6 Å². The number of fused-ring (bicyclic) bond motifs is 3. The van der Waals surface area contributed by atoms with Gasteiger partial charge < -0.3 is 9.30 Å². The van der Waals surface area contributed by atoms with Crippen molar-refractivity contribution in [3.05, 3.63) is 132 Å². The van der Waals surface area contributed by atoms with Crippen molar-refractivity contribution >= 4 is 21.8 Å². The number of aryl methyl sites for hydroxylation is 3. The smallest absolute Gasteiger partial charge is 0.509 e. The summed E-state index contributed by atoms with van der Waals surface area (Å²) in [6.45, 7) is 8.64. The molecule has 0 spiro atoms. The van der Waals surface area contributed by atoms with Gasteiger partial charge in [0, 0.05) is 34.5 Å². The van der Waals surface area contributed by atoms with E-state index in [2.05, 4.69) is 105 Å². The fourth-order valence-corrected chi connectivity index (χ4v) is 6.76. The monoisotopic (exact) mass is 825 g/mol. The summed E-state index contributed by atoms with van der Waals surface area (Å²) in [7, 11) is 0. The van der Waals surface area contributed by atoms with Gasteiger partial charge in [0.2, 0.25) is 0 Å². The minimum absolute atomic E-state index is 0. The molecule has 5 nitrogen and oxygen atoms in total. The Kier molecular flexibility index (Phi) is 10.8. The second kappa shape index (κ2) is 15.4. The van der Waals surface area contributed by atoms with Crippen molar-refractivity contribution in [1.29, 1.82) is 0 Å². The molecule has 7 rings (SSSR count). The second-order valence-corrected chi connectivity index (χ2v) is 12.7. The Labute approximate surface area is 304 Å². The van der Waals surface area contributed by atoms with Crippen LogP contribution in [-0.2, 0) is 33.9 Å². The van der Waals surface area contributed by atoms with Gasteiger partial charge in [0.15, 0.2) is 0 Å². The molecule has 0 amide bonds. The first-order valence-corrected chi connectivity index (χ1v) is 17.3. The van der Waals surface area contributed by atoms with Gasteiger partial charge in [-0.25, -0.2) is 4.98 Å². The van der Waals surface area contributed by atoms with Crippen molar-refractivity contribution in [3.63, 3.8) is 0 Å². The van der Waals surface area contributed by atoms with Crippen LogP contribution in [0.15, 0.2) is 97.2 Å². The molecule has 0 saturated carbocycles. The molecule has 0 unspecified atom stereocenters. The summed E-state index contributed by atoms with van der Waals surface area (Å²) < 4.78 is 10.7. The van der Waals surface area contributed by atoms with E-state index >= 15 is 0 Å². The van der Waals surface area contributed by atoms with Crippen LogP contribution < -0.4 is 4.74 Å². The van der Waals surface area contributed by atoms with Gasteiger partial charge in [-0.2, -0.15) is 17.2 Å². The van der Waals surface area contributed by atoms with Crippen LogP contribution in [0.5, 0.6) is 11.5 Å². The Balaban J connectivity index is 0.00000417. The van der Waals surface area contributed by atoms with Crippen LogP contribution in [0.1, 0.15) is 68.5 Å². The summed E-state index contributed by atoms with van der Waals surface area (Å²) in [5.41, 5.74) is 9.91. The predicted molar refractivity (Wildman–Crippen MR) is 197 cm³/mol. The molecule has 49 heavy (non-hydrogen) atoms. The number of benzene rings is 4. The van der Waals surface area contributed by atoms with Gasteiger partial charge in [-0.05, 0) is 85.5 Å². The maximum Gasteiger partial charge on any atom is 2.00 e. The van der Waals surface area contributed by atoms with Crippen LogP contribution in [-0.4, -0.2) is 19.3 Å². The number of ether oxygens (including phenoxy) is 1. The largest absolute Gasteiger partial charge is 2.00 e. The maximum absolute atomic E-state index is 6.48. The molecule has 3 heterocycles. The molecule has 0 radical (unpaired) electrons. The normalized spacial score (nSPS) is 11.3. The quantitative estimate of drug-likeness (QED) is 0.0911. The average molecular weight is 826 g/mol. The first kappa shape index (κ1) is 34.4. The molecule has 0 N–H and O–H groups in total. The van der Waals surface area contributed by atoms with Crippen LogP contribution in [0.3, 0.4) is 0 Å². The molecule has 6 heteroatoms. The van der Waals surface area contributed by atoms with Crippen molar-refractivity contribution in [2.75, 3.05) is 0 Å². The minimum atomic E-state index is 0. The number of rotatable bonds is 12. The van der Waals surface area contributed by atoms with Crippen molar-refractivity contribution in [1.82, 2.24) is 19.3 Å². The maximum atomic E-state index is 6.48. The van der Waals surface area contributed by atoms with E-state index in [0.29, 0.717) is 11.5 Å². The molecule has 3 aromatic heterocycles. The third-order valence-electron chi connectivity index (χ3n) is 9.20. The van der Waals surface area contributed by atoms with Gasteiger partial charge in [-0.15, -0.1) is 35.7 Å². The zero-order chi connectivity index (χ0) is 33.0. The molecule has 7 aromatic rings. The molecule has 0 aliphatic heterocycles. The molecular weight excluding hydrogens is 784 g/mol. The standard InChI is InChI=1S/C43H42N4O.Pt/c1-5-7-10-15-33-24-25-44-42(27-33)46-40-23-20-32(14-8-6-2)26-39(40)38-22-21-37(29-41(38)46)48-36-19-13-18-35(28-36)47-31(4)43(30(3)45-47)34-16-11-9-12-17-34;/h9,11-13,16-27H,5-8,10,14-15H2,1-4H3;/q-2;+2. The van der Waals surface area contributed by atoms with E-state index in [1.54, 1.807) is 0 Å². The van der Waals surface area contributed by atoms with Crippen LogP contribution in [0.2, 0.25) is 0 Å². The number of aromatic nitrogens is 4. The van der Waals surface area contributed by atoms with Crippen LogP contribution in [0.4, 0.5) is 0 Å². The second-order valence-electron chi connectivity index (χ2n) is 12.7. The summed E-state index contributed by atoms with van der Waals surface area (Å²) in [6.07, 6.45) is 10.0. The number of hydrogen-bond donors (Lipinski definition) is 0. The molecular formula is C43H42N4OPt. The zero-order valence-electron chi connectivity index (χ0n) is 28.7. The Hall–Kier alpha value is -4.47. The molecule has 0 aliphatic carbocycles. The summed E-state index contributed by atoms with van der Waals surface area (Å²) in [6, 6.07) is 38.8. The number of pyridine rings is 1.